The second kappa shape index (κ2) is 9.19. The third-order valence-electron chi connectivity index (χ3n) is 6.10. The Labute approximate surface area is 192 Å². The average molecular weight is 473 g/mol. The molecule has 5 nitrogen and oxygen atoms in total. The number of fused-ring (bicyclic) bond motifs is 1. The van der Waals surface area contributed by atoms with E-state index in [2.05, 4.69) is 4.72 Å². The van der Waals surface area contributed by atoms with Crippen LogP contribution in [0.15, 0.2) is 59.4 Å². The van der Waals surface area contributed by atoms with Crippen LogP contribution in [0.2, 0.25) is 0 Å². The molecule has 1 aliphatic rings. The quantitative estimate of drug-likeness (QED) is 0.590. The van der Waals surface area contributed by atoms with Gasteiger partial charge < -0.3 is 4.57 Å². The summed E-state index contributed by atoms with van der Waals surface area (Å²) in [5, 5.41) is 0. The molecule has 1 aromatic heterocycles. The number of halogens is 2. The maximum Gasteiger partial charge on any atom is 0.254 e. The molecule has 4 rings (SSSR count). The molecule has 1 aliphatic heterocycles. The molecule has 0 amide bonds. The molecule has 174 valence electrons. The molecule has 0 bridgehead atoms. The monoisotopic (exact) mass is 472 g/mol. The van der Waals surface area contributed by atoms with Gasteiger partial charge in [0, 0.05) is 23.4 Å². The summed E-state index contributed by atoms with van der Waals surface area (Å²) < 4.78 is 56.0. The van der Waals surface area contributed by atoms with E-state index in [0.29, 0.717) is 42.4 Å². The number of nitrogens with one attached hydrogen (secondary N) is 1. The van der Waals surface area contributed by atoms with Crippen LogP contribution in [0.5, 0.6) is 0 Å². The molecule has 0 unspecified atom stereocenters. The van der Waals surface area contributed by atoms with Crippen LogP contribution < -0.4 is 10.3 Å². The van der Waals surface area contributed by atoms with Gasteiger partial charge in [0.2, 0.25) is 10.0 Å². The molecule has 0 spiro atoms. The first-order valence-corrected chi connectivity index (χ1v) is 12.8. The number of hydrogen-bond donors (Lipinski definition) is 1. The number of nitrogens with zero attached hydrogens (tertiary/aromatic N) is 1. The van der Waals surface area contributed by atoms with Gasteiger partial charge in [0.15, 0.2) is 0 Å². The van der Waals surface area contributed by atoms with Gasteiger partial charge in [-0.25, -0.2) is 21.9 Å². The highest BCUT2D eigenvalue weighted by molar-refractivity contribution is 7.88. The lowest BCUT2D eigenvalue weighted by Gasteiger charge is -2.36. The fourth-order valence-corrected chi connectivity index (χ4v) is 5.46. The largest absolute Gasteiger partial charge is 0.307 e. The van der Waals surface area contributed by atoms with Crippen molar-refractivity contribution in [2.75, 3.05) is 6.26 Å². The fourth-order valence-electron chi connectivity index (χ4n) is 4.63. The zero-order valence-corrected chi connectivity index (χ0v) is 19.3. The summed E-state index contributed by atoms with van der Waals surface area (Å²) in [5.74, 6) is -1.32. The van der Waals surface area contributed by atoms with E-state index in [4.69, 9.17) is 0 Å². The summed E-state index contributed by atoms with van der Waals surface area (Å²) in [6.45, 7) is 1.91. The summed E-state index contributed by atoms with van der Waals surface area (Å²) in [7, 11) is -3.49. The molecule has 8 heteroatoms. The standard InChI is InChI=1S/C25H26F2N2O3S/c1-3-17-7-8-22-9-10-23(28-33(2,31)32)24(29(22)25(17)30)12-16-5-4-6-18(11-16)19-13-20(26)15-21(27)14-19/h4-8,11,13-15,23-24,28H,3,9-10,12H2,1-2H3/t23-,24-/m0/s1. The van der Waals surface area contributed by atoms with Crippen LogP contribution in [0.25, 0.3) is 11.1 Å². The highest BCUT2D eigenvalue weighted by Gasteiger charge is 2.32. The Bertz CT molecular complexity index is 1330. The van der Waals surface area contributed by atoms with Gasteiger partial charge in [-0.05, 0) is 60.6 Å². The van der Waals surface area contributed by atoms with Gasteiger partial charge in [0.05, 0.1) is 12.3 Å². The first-order chi connectivity index (χ1) is 15.6. The first-order valence-electron chi connectivity index (χ1n) is 10.9. The first kappa shape index (κ1) is 23.3. The minimum absolute atomic E-state index is 0.108. The van der Waals surface area contributed by atoms with E-state index in [-0.39, 0.29) is 5.56 Å². The van der Waals surface area contributed by atoms with Crippen molar-refractivity contribution in [2.24, 2.45) is 0 Å². The van der Waals surface area contributed by atoms with Crippen molar-refractivity contribution in [2.45, 2.75) is 44.7 Å². The molecular formula is C25H26F2N2O3S. The molecule has 3 aromatic rings. The van der Waals surface area contributed by atoms with Crippen molar-refractivity contribution >= 4 is 10.0 Å². The summed E-state index contributed by atoms with van der Waals surface area (Å²) in [5.41, 5.74) is 3.33. The van der Waals surface area contributed by atoms with E-state index >= 15 is 0 Å². The van der Waals surface area contributed by atoms with Crippen LogP contribution in [0, 0.1) is 11.6 Å². The molecule has 0 saturated carbocycles. The molecule has 0 fully saturated rings. The van der Waals surface area contributed by atoms with Gasteiger partial charge in [-0.1, -0.05) is 37.3 Å². The van der Waals surface area contributed by atoms with Crippen molar-refractivity contribution in [1.82, 2.24) is 9.29 Å². The third-order valence-corrected chi connectivity index (χ3v) is 6.83. The van der Waals surface area contributed by atoms with E-state index in [0.717, 1.165) is 23.6 Å². The number of aromatic nitrogens is 1. The van der Waals surface area contributed by atoms with Crippen LogP contribution >= 0.6 is 0 Å². The molecule has 0 radical (unpaired) electrons. The van der Waals surface area contributed by atoms with Gasteiger partial charge in [-0.2, -0.15) is 0 Å². The van der Waals surface area contributed by atoms with Crippen LogP contribution in [-0.2, 0) is 29.3 Å². The Kier molecular flexibility index (Phi) is 6.50. The lowest BCUT2D eigenvalue weighted by molar-refractivity contribution is 0.314. The summed E-state index contributed by atoms with van der Waals surface area (Å²) in [6.07, 6.45) is 3.24. The van der Waals surface area contributed by atoms with Gasteiger partial charge in [0.1, 0.15) is 11.6 Å². The Hall–Kier alpha value is -2.84. The van der Waals surface area contributed by atoms with Crippen molar-refractivity contribution in [3.8, 4) is 11.1 Å². The minimum Gasteiger partial charge on any atom is -0.307 e. The van der Waals surface area contributed by atoms with E-state index < -0.39 is 33.7 Å². The van der Waals surface area contributed by atoms with Crippen LogP contribution in [0.4, 0.5) is 8.78 Å². The highest BCUT2D eigenvalue weighted by atomic mass is 32.2. The number of aryl methyl sites for hydroxylation is 2. The second-order valence-electron chi connectivity index (χ2n) is 8.54. The van der Waals surface area contributed by atoms with Crippen molar-refractivity contribution in [1.29, 1.82) is 0 Å². The lowest BCUT2D eigenvalue weighted by atomic mass is 9.90. The molecular weight excluding hydrogens is 446 g/mol. The summed E-state index contributed by atoms with van der Waals surface area (Å²) in [6, 6.07) is 13.5. The molecule has 1 N–H and O–H groups in total. The smallest absolute Gasteiger partial charge is 0.254 e. The Morgan fingerprint density at radius 2 is 1.76 bits per heavy atom. The normalized spacial score (nSPS) is 18.2. The van der Waals surface area contributed by atoms with Crippen molar-refractivity contribution in [3.05, 3.63) is 93.4 Å². The van der Waals surface area contributed by atoms with Gasteiger partial charge >= 0.3 is 0 Å². The summed E-state index contributed by atoms with van der Waals surface area (Å²) in [4.78, 5) is 13.2. The van der Waals surface area contributed by atoms with Gasteiger partial charge in [0.25, 0.3) is 5.56 Å². The molecule has 2 heterocycles. The van der Waals surface area contributed by atoms with E-state index in [1.807, 2.05) is 31.2 Å². The van der Waals surface area contributed by atoms with Gasteiger partial charge in [-0.3, -0.25) is 4.79 Å². The number of pyridine rings is 1. The summed E-state index contributed by atoms with van der Waals surface area (Å²) >= 11 is 0. The van der Waals surface area contributed by atoms with Crippen molar-refractivity contribution < 1.29 is 17.2 Å². The molecule has 0 aliphatic carbocycles. The van der Waals surface area contributed by atoms with E-state index in [9.17, 15) is 22.0 Å². The maximum atomic E-state index is 13.7. The Morgan fingerprint density at radius 1 is 1.03 bits per heavy atom. The maximum absolute atomic E-state index is 13.7. The zero-order chi connectivity index (χ0) is 23.8. The zero-order valence-electron chi connectivity index (χ0n) is 18.5. The number of hydrogen-bond acceptors (Lipinski definition) is 3. The van der Waals surface area contributed by atoms with Crippen LogP contribution in [0.1, 0.15) is 36.2 Å². The van der Waals surface area contributed by atoms with E-state index in [1.165, 1.54) is 12.1 Å². The molecule has 2 aromatic carbocycles. The topological polar surface area (TPSA) is 68.2 Å². The fraction of sp³-hybridized carbons (Fsp3) is 0.320. The second-order valence-corrected chi connectivity index (χ2v) is 10.3. The minimum atomic E-state index is -3.49. The lowest BCUT2D eigenvalue weighted by Crippen LogP contribution is -2.48. The predicted molar refractivity (Wildman–Crippen MR) is 125 cm³/mol. The van der Waals surface area contributed by atoms with E-state index in [1.54, 1.807) is 16.7 Å². The van der Waals surface area contributed by atoms with Crippen molar-refractivity contribution in [3.63, 3.8) is 0 Å². The number of rotatable bonds is 6. The van der Waals surface area contributed by atoms with Gasteiger partial charge in [-0.15, -0.1) is 0 Å². The Balaban J connectivity index is 1.77. The Morgan fingerprint density at radius 3 is 2.42 bits per heavy atom. The van der Waals surface area contributed by atoms with Crippen LogP contribution in [-0.4, -0.2) is 25.3 Å². The highest BCUT2D eigenvalue weighted by Crippen LogP contribution is 2.30. The predicted octanol–water partition coefficient (Wildman–Crippen LogP) is 4.00. The number of sulfonamides is 1. The molecule has 2 atom stereocenters. The average Bonchev–Trinajstić information content (AvgIpc) is 2.74. The van der Waals surface area contributed by atoms with Crippen LogP contribution in [0.3, 0.4) is 0 Å². The SMILES string of the molecule is CCc1ccc2n(c1=O)[C@@H](Cc1cccc(-c3cc(F)cc(F)c3)c1)[C@@H](NS(C)(=O)=O)CC2. The number of benzene rings is 2. The molecule has 0 saturated heterocycles. The third kappa shape index (κ3) is 5.23. The molecule has 33 heavy (non-hydrogen) atoms.